The first-order valence-corrected chi connectivity index (χ1v) is 5.38. The van der Waals surface area contributed by atoms with Gasteiger partial charge in [0.15, 0.2) is 5.78 Å². The molecule has 1 N–H and O–H groups in total. The van der Waals surface area contributed by atoms with Crippen molar-refractivity contribution in [1.29, 1.82) is 0 Å². The number of ketones is 1. The molecule has 1 aromatic carbocycles. The van der Waals surface area contributed by atoms with Crippen LogP contribution in [0.25, 0.3) is 0 Å². The Balaban J connectivity index is 2.79. The van der Waals surface area contributed by atoms with Gasteiger partial charge >= 0.3 is 0 Å². The number of rotatable bonds is 3. The van der Waals surface area contributed by atoms with Gasteiger partial charge in [-0.1, -0.05) is 12.1 Å². The van der Waals surface area contributed by atoms with Crippen LogP contribution in [-0.4, -0.2) is 5.78 Å². The lowest BCUT2D eigenvalue weighted by molar-refractivity contribution is -0.112. The third kappa shape index (κ3) is 3.49. The number of halogens is 1. The van der Waals surface area contributed by atoms with E-state index in [0.717, 1.165) is 15.0 Å². The molecule has 0 unspecified atom stereocenters. The Hall–Kier alpha value is -0.840. The predicted octanol–water partition coefficient (Wildman–Crippen LogP) is 3.20. The van der Waals surface area contributed by atoms with Gasteiger partial charge in [-0.3, -0.25) is 4.79 Å². The minimum Gasteiger partial charge on any atom is -0.358 e. The molecule has 1 aromatic rings. The molecule has 0 aliphatic carbocycles. The molecule has 0 atom stereocenters. The van der Waals surface area contributed by atoms with Crippen molar-refractivity contribution >= 4 is 34.1 Å². The van der Waals surface area contributed by atoms with E-state index in [9.17, 15) is 4.79 Å². The summed E-state index contributed by atoms with van der Waals surface area (Å²) in [5, 5.41) is 3.17. The number of carbonyl (C=O) groups excluding carboxylic acids is 1. The van der Waals surface area contributed by atoms with Gasteiger partial charge in [0.1, 0.15) is 0 Å². The minimum atomic E-state index is 0.0564. The standard InChI is InChI=1S/C11H12INO/c1-8(7-9(2)14)13-11-6-4-3-5-10(11)12/h3-7,13H,1-2H3/b8-7+. The van der Waals surface area contributed by atoms with Gasteiger partial charge in [0.2, 0.25) is 0 Å². The lowest BCUT2D eigenvalue weighted by Crippen LogP contribution is -1.99. The number of anilines is 1. The predicted molar refractivity (Wildman–Crippen MR) is 67.2 cm³/mol. The summed E-state index contributed by atoms with van der Waals surface area (Å²) in [5.74, 6) is 0.0564. The fourth-order valence-corrected chi connectivity index (χ4v) is 1.64. The second kappa shape index (κ2) is 5.14. The highest BCUT2D eigenvalue weighted by molar-refractivity contribution is 14.1. The van der Waals surface area contributed by atoms with Crippen molar-refractivity contribution in [3.63, 3.8) is 0 Å². The van der Waals surface area contributed by atoms with E-state index in [1.165, 1.54) is 0 Å². The molecule has 0 fully saturated rings. The normalized spacial score (nSPS) is 11.2. The molecule has 14 heavy (non-hydrogen) atoms. The number of benzene rings is 1. The Morgan fingerprint density at radius 3 is 2.57 bits per heavy atom. The molecule has 0 aliphatic heterocycles. The first-order chi connectivity index (χ1) is 6.59. The Morgan fingerprint density at radius 1 is 1.36 bits per heavy atom. The molecule has 0 heterocycles. The van der Waals surface area contributed by atoms with Crippen molar-refractivity contribution < 1.29 is 4.79 Å². The van der Waals surface area contributed by atoms with Gasteiger partial charge in [-0.2, -0.15) is 0 Å². The second-order valence-corrected chi connectivity index (χ2v) is 4.21. The van der Waals surface area contributed by atoms with Gasteiger partial charge in [-0.25, -0.2) is 0 Å². The van der Waals surface area contributed by atoms with Crippen LogP contribution in [0.15, 0.2) is 36.0 Å². The summed E-state index contributed by atoms with van der Waals surface area (Å²) in [7, 11) is 0. The van der Waals surface area contributed by atoms with Crippen molar-refractivity contribution in [2.75, 3.05) is 5.32 Å². The van der Waals surface area contributed by atoms with E-state index in [1.807, 2.05) is 31.2 Å². The quantitative estimate of drug-likeness (QED) is 0.686. The van der Waals surface area contributed by atoms with Gasteiger partial charge in [0, 0.05) is 9.27 Å². The summed E-state index contributed by atoms with van der Waals surface area (Å²) < 4.78 is 1.14. The fraction of sp³-hybridized carbons (Fsp3) is 0.182. The highest BCUT2D eigenvalue weighted by Crippen LogP contribution is 2.18. The van der Waals surface area contributed by atoms with Crippen LogP contribution in [0.2, 0.25) is 0 Å². The van der Waals surface area contributed by atoms with Gasteiger partial charge in [-0.15, -0.1) is 0 Å². The number of para-hydroxylation sites is 1. The first-order valence-electron chi connectivity index (χ1n) is 4.30. The van der Waals surface area contributed by atoms with Gasteiger partial charge in [0.25, 0.3) is 0 Å². The smallest absolute Gasteiger partial charge is 0.154 e. The van der Waals surface area contributed by atoms with Gasteiger partial charge in [0.05, 0.1) is 5.69 Å². The first kappa shape index (κ1) is 11.2. The van der Waals surface area contributed by atoms with Crippen LogP contribution in [0.4, 0.5) is 5.69 Å². The molecule has 0 amide bonds. The molecule has 0 aliphatic rings. The molecule has 0 saturated heterocycles. The van der Waals surface area contributed by atoms with E-state index in [0.29, 0.717) is 0 Å². The van der Waals surface area contributed by atoms with Crippen LogP contribution >= 0.6 is 22.6 Å². The Kier molecular flexibility index (Phi) is 4.13. The molecular weight excluding hydrogens is 289 g/mol. The lowest BCUT2D eigenvalue weighted by Gasteiger charge is -2.07. The van der Waals surface area contributed by atoms with E-state index in [4.69, 9.17) is 0 Å². The molecule has 2 nitrogen and oxygen atoms in total. The van der Waals surface area contributed by atoms with Crippen molar-refractivity contribution in [3.05, 3.63) is 39.6 Å². The molecule has 0 radical (unpaired) electrons. The van der Waals surface area contributed by atoms with E-state index in [1.54, 1.807) is 13.0 Å². The monoisotopic (exact) mass is 301 g/mol. The summed E-state index contributed by atoms with van der Waals surface area (Å²) in [5.41, 5.74) is 1.89. The summed E-state index contributed by atoms with van der Waals surface area (Å²) >= 11 is 2.25. The van der Waals surface area contributed by atoms with Crippen LogP contribution in [0.3, 0.4) is 0 Å². The maximum atomic E-state index is 10.8. The molecule has 0 bridgehead atoms. The Labute approximate surface area is 97.5 Å². The summed E-state index contributed by atoms with van der Waals surface area (Å²) in [6.07, 6.45) is 1.59. The number of nitrogens with one attached hydrogen (secondary N) is 1. The molecule has 0 spiro atoms. The maximum Gasteiger partial charge on any atom is 0.154 e. The van der Waals surface area contributed by atoms with E-state index >= 15 is 0 Å². The zero-order valence-corrected chi connectivity index (χ0v) is 10.3. The van der Waals surface area contributed by atoms with E-state index < -0.39 is 0 Å². The van der Waals surface area contributed by atoms with E-state index in [-0.39, 0.29) is 5.78 Å². The minimum absolute atomic E-state index is 0.0564. The molecule has 74 valence electrons. The zero-order chi connectivity index (χ0) is 10.6. The van der Waals surface area contributed by atoms with Crippen molar-refractivity contribution in [1.82, 2.24) is 0 Å². The highest BCUT2D eigenvalue weighted by Gasteiger charge is 1.97. The van der Waals surface area contributed by atoms with Crippen LogP contribution in [0.5, 0.6) is 0 Å². The number of hydrogen-bond donors (Lipinski definition) is 1. The van der Waals surface area contributed by atoms with Crippen LogP contribution in [0.1, 0.15) is 13.8 Å². The summed E-state index contributed by atoms with van der Waals surface area (Å²) in [6.45, 7) is 3.42. The molecule has 0 saturated carbocycles. The SMILES string of the molecule is CC(=O)/C=C(\C)Nc1ccccc1I. The van der Waals surface area contributed by atoms with E-state index in [2.05, 4.69) is 27.9 Å². The molecule has 1 rings (SSSR count). The number of hydrogen-bond acceptors (Lipinski definition) is 2. The fourth-order valence-electron chi connectivity index (χ4n) is 1.12. The Bertz CT molecular complexity index is 371. The van der Waals surface area contributed by atoms with Crippen LogP contribution in [0, 0.1) is 3.57 Å². The number of allylic oxidation sites excluding steroid dienone is 2. The molecule has 0 aromatic heterocycles. The zero-order valence-electron chi connectivity index (χ0n) is 8.17. The highest BCUT2D eigenvalue weighted by atomic mass is 127. The average molecular weight is 301 g/mol. The van der Waals surface area contributed by atoms with Crippen molar-refractivity contribution in [2.24, 2.45) is 0 Å². The van der Waals surface area contributed by atoms with Gasteiger partial charge in [-0.05, 0) is 54.6 Å². The third-order valence-electron chi connectivity index (χ3n) is 1.63. The molecular formula is C11H12INO. The van der Waals surface area contributed by atoms with Crippen molar-refractivity contribution in [3.8, 4) is 0 Å². The summed E-state index contributed by atoms with van der Waals surface area (Å²) in [6, 6.07) is 7.95. The topological polar surface area (TPSA) is 29.1 Å². The van der Waals surface area contributed by atoms with Crippen LogP contribution < -0.4 is 5.32 Å². The number of carbonyl (C=O) groups is 1. The maximum absolute atomic E-state index is 10.8. The molecule has 3 heteroatoms. The van der Waals surface area contributed by atoms with Gasteiger partial charge < -0.3 is 5.32 Å². The van der Waals surface area contributed by atoms with Crippen molar-refractivity contribution in [2.45, 2.75) is 13.8 Å². The Morgan fingerprint density at radius 2 is 2.00 bits per heavy atom. The van der Waals surface area contributed by atoms with Crippen LogP contribution in [-0.2, 0) is 4.79 Å². The largest absolute Gasteiger partial charge is 0.358 e. The average Bonchev–Trinajstić information content (AvgIpc) is 2.07. The third-order valence-corrected chi connectivity index (χ3v) is 2.57. The second-order valence-electron chi connectivity index (χ2n) is 3.04. The summed E-state index contributed by atoms with van der Waals surface area (Å²) in [4.78, 5) is 10.8. The lowest BCUT2D eigenvalue weighted by atomic mass is 10.3.